The van der Waals surface area contributed by atoms with E-state index < -0.39 is 102 Å². The number of H-pyrrole nitrogens is 1. The van der Waals surface area contributed by atoms with Crippen LogP contribution in [-0.4, -0.2) is 107 Å². The summed E-state index contributed by atoms with van der Waals surface area (Å²) < 4.78 is 103. The molecule has 0 aromatic carbocycles. The zero-order chi connectivity index (χ0) is 37.5. The van der Waals surface area contributed by atoms with Crippen LogP contribution in [0.5, 0.6) is 0 Å². The second kappa shape index (κ2) is 13.2. The van der Waals surface area contributed by atoms with Gasteiger partial charge in [0.2, 0.25) is 15.1 Å². The van der Waals surface area contributed by atoms with Crippen molar-refractivity contribution >= 4 is 66.4 Å². The van der Waals surface area contributed by atoms with Gasteiger partial charge in [-0.25, -0.2) is 28.7 Å². The van der Waals surface area contributed by atoms with Gasteiger partial charge in [-0.05, 0) is 18.1 Å². The third kappa shape index (κ3) is 6.73. The third-order valence-corrected chi connectivity index (χ3v) is 16.2. The maximum absolute atomic E-state index is 16.2. The Balaban J connectivity index is 1.24. The number of fused-ring (bicyclic) bond motifs is 4. The highest BCUT2D eigenvalue weighted by atomic mass is 31.2. The molecule has 3 aliphatic rings. The van der Waals surface area contributed by atoms with E-state index in [1.807, 2.05) is 33.9 Å². The van der Waals surface area contributed by atoms with E-state index in [4.69, 9.17) is 52.9 Å². The van der Waals surface area contributed by atoms with Crippen molar-refractivity contribution in [3.05, 3.63) is 41.3 Å². The first-order valence-electron chi connectivity index (χ1n) is 16.0. The fourth-order valence-corrected chi connectivity index (χ4v) is 9.37. The summed E-state index contributed by atoms with van der Waals surface area (Å²) in [7, 11) is 0.115. The van der Waals surface area contributed by atoms with Crippen molar-refractivity contribution in [2.24, 2.45) is 0 Å². The number of aromatic nitrogens is 7. The third-order valence-electron chi connectivity index (χ3n) is 9.67. The Morgan fingerprint density at radius 1 is 0.981 bits per heavy atom. The molecule has 3 saturated heterocycles. The molecular weight excluding hydrogens is 746 g/mol. The summed E-state index contributed by atoms with van der Waals surface area (Å²) in [6, 6.07) is 0. The van der Waals surface area contributed by atoms with Crippen LogP contribution < -0.4 is 11.3 Å². The van der Waals surface area contributed by atoms with Gasteiger partial charge in [0.1, 0.15) is 47.8 Å². The van der Waals surface area contributed by atoms with Crippen molar-refractivity contribution in [3.63, 3.8) is 0 Å². The Labute approximate surface area is 298 Å². The lowest BCUT2D eigenvalue weighted by molar-refractivity contribution is -0.0554. The van der Waals surface area contributed by atoms with E-state index in [2.05, 4.69) is 24.9 Å². The molecule has 0 aliphatic carbocycles. The minimum Gasteiger partial charge on any atom is -0.407 e. The Kier molecular flexibility index (Phi) is 9.49. The van der Waals surface area contributed by atoms with Gasteiger partial charge in [0.05, 0.1) is 25.9 Å². The van der Waals surface area contributed by atoms with E-state index in [1.165, 1.54) is 15.5 Å². The number of nitrogens with two attached hydrogens (primary N) is 1. The molecule has 52 heavy (non-hydrogen) atoms. The number of ether oxygens (including phenoxy) is 2. The van der Waals surface area contributed by atoms with Crippen molar-refractivity contribution in [2.45, 2.75) is 88.1 Å². The number of nitrogens with zero attached hydrogens (tertiary/aromatic N) is 6. The maximum atomic E-state index is 16.2. The predicted molar refractivity (Wildman–Crippen MR) is 183 cm³/mol. The van der Waals surface area contributed by atoms with Crippen LogP contribution >= 0.6 is 14.9 Å². The van der Waals surface area contributed by atoms with Crippen LogP contribution in [0, 0.1) is 5.82 Å². The normalized spacial score (nSPS) is 34.9. The van der Waals surface area contributed by atoms with E-state index in [1.54, 1.807) is 0 Å². The molecule has 25 heteroatoms. The van der Waals surface area contributed by atoms with E-state index in [0.717, 1.165) is 18.9 Å². The summed E-state index contributed by atoms with van der Waals surface area (Å²) in [6.07, 6.45) is -7.46. The maximum Gasteiger partial charge on any atom is 0.264 e. The summed E-state index contributed by atoms with van der Waals surface area (Å²) in [4.78, 5) is 31.1. The smallest absolute Gasteiger partial charge is 0.264 e. The largest absolute Gasteiger partial charge is 0.407 e. The monoisotopic (exact) mass is 780 g/mol. The van der Waals surface area contributed by atoms with Gasteiger partial charge in [0, 0.05) is 6.20 Å². The van der Waals surface area contributed by atoms with E-state index in [0.29, 0.717) is 0 Å². The van der Waals surface area contributed by atoms with Gasteiger partial charge in [-0.1, -0.05) is 20.8 Å². The number of rotatable bonds is 4. The molecule has 18 nitrogen and oxygen atoms in total. The lowest BCUT2D eigenvalue weighted by Gasteiger charge is -2.41. The first-order chi connectivity index (χ1) is 24.3. The Bertz CT molecular complexity index is 2170. The van der Waals surface area contributed by atoms with Crippen LogP contribution in [0.25, 0.3) is 22.2 Å². The minimum atomic E-state index is -4.65. The Morgan fingerprint density at radius 2 is 1.62 bits per heavy atom. The zero-order valence-electron chi connectivity index (χ0n) is 28.5. The number of nitrogens with one attached hydrogen (secondary N) is 1. The quantitative estimate of drug-likeness (QED) is 0.225. The van der Waals surface area contributed by atoms with Gasteiger partial charge >= 0.3 is 0 Å². The molecule has 3 N–H and O–H groups in total. The lowest BCUT2D eigenvalue weighted by Crippen LogP contribution is -2.49. The number of alkyl halides is 1. The lowest BCUT2D eigenvalue weighted by atomic mass is 10.1. The van der Waals surface area contributed by atoms with Crippen LogP contribution in [0.1, 0.15) is 33.2 Å². The molecule has 7 heterocycles. The van der Waals surface area contributed by atoms with Gasteiger partial charge in [-0.3, -0.25) is 18.5 Å². The first kappa shape index (κ1) is 37.5. The van der Waals surface area contributed by atoms with Gasteiger partial charge in [0.25, 0.3) is 20.5 Å². The van der Waals surface area contributed by atoms with E-state index in [-0.39, 0.29) is 28.0 Å². The molecular formula is C27H34B2F2N8O10P2Si. The Hall–Kier alpha value is -2.84. The molecule has 0 saturated carbocycles. The van der Waals surface area contributed by atoms with Gasteiger partial charge in [0.15, 0.2) is 49.9 Å². The highest BCUT2D eigenvalue weighted by Crippen LogP contribution is 2.55. The van der Waals surface area contributed by atoms with Crippen LogP contribution in [0.15, 0.2) is 30.0 Å². The molecule has 10 atom stereocenters. The number of imidazole rings is 1. The highest BCUT2D eigenvalue weighted by molar-refractivity contribution is 7.79. The van der Waals surface area contributed by atoms with Crippen LogP contribution in [-0.2, 0) is 41.1 Å². The number of halogens is 2. The SMILES string of the molecule is [B]P1(=O)OC[C@H]2O[C@@H](n3cc(F)c4c(=O)[nH]cnc43)[C@@H](O[Si](C)(C)C(C)(C)C)C2OP([B])(=O)OC[C@H]2O[C@@H](n3cnc4c(N)ncnc43)[C@@H](F)C2O1. The number of hydrogen-bond donors (Lipinski definition) is 2. The van der Waals surface area contributed by atoms with Crippen LogP contribution in [0.2, 0.25) is 18.1 Å². The summed E-state index contributed by atoms with van der Waals surface area (Å²) in [6.45, 7) is 8.38. The van der Waals surface area contributed by atoms with Crippen molar-refractivity contribution in [2.75, 3.05) is 18.9 Å². The van der Waals surface area contributed by atoms with Crippen molar-refractivity contribution in [1.82, 2.24) is 34.1 Å². The fourth-order valence-electron chi connectivity index (χ4n) is 6.07. The predicted octanol–water partition coefficient (Wildman–Crippen LogP) is 3.18. The second-order valence-corrected chi connectivity index (χ2v) is 22.0. The molecule has 0 amide bonds. The van der Waals surface area contributed by atoms with E-state index in [9.17, 15) is 13.9 Å². The summed E-state index contributed by atoms with van der Waals surface area (Å²) in [5.74, 6) is -0.866. The standard InChI is InChI=1S/C27H34B2F2N8O10P2Si/c1-27(2,3)52(4,5)49-20-19-14(46-26(20)38-6-12(30)15-22(38)34-10-36-24(15)40)8-44-50(28,41)47-18-13(7-43-51(29,42)48-19)45-25(16(18)31)39-11-37-17-21(32)33-9-35-23(17)39/h6,9-11,13-14,16,18-20,25-26H,7-8H2,1-5H3,(H2,32,33,35)(H,34,36,40)/t13-,14-,16+,18?,19?,20+,25-,26-,50?,51?/m1/s1. The molecule has 276 valence electrons. The molecule has 0 bridgehead atoms. The van der Waals surface area contributed by atoms with Crippen molar-refractivity contribution in [3.8, 4) is 0 Å². The fraction of sp³-hybridized carbons (Fsp3) is 0.593. The number of anilines is 1. The van der Waals surface area contributed by atoms with Gasteiger partial charge in [-0.15, -0.1) is 0 Å². The van der Waals surface area contributed by atoms with Crippen LogP contribution in [0.3, 0.4) is 0 Å². The van der Waals surface area contributed by atoms with E-state index >= 15 is 8.78 Å². The van der Waals surface area contributed by atoms with Gasteiger partial charge < -0.3 is 47.3 Å². The summed E-state index contributed by atoms with van der Waals surface area (Å²) >= 11 is 0. The van der Waals surface area contributed by atoms with Crippen molar-refractivity contribution < 1.29 is 49.9 Å². The second-order valence-electron chi connectivity index (χ2n) is 14.1. The van der Waals surface area contributed by atoms with Gasteiger partial charge in [-0.2, -0.15) is 0 Å². The minimum absolute atomic E-state index is 0.0372. The zero-order valence-corrected chi connectivity index (χ0v) is 31.3. The molecule has 4 unspecified atom stereocenters. The number of aromatic amines is 1. The Morgan fingerprint density at radius 3 is 2.29 bits per heavy atom. The molecule has 4 aromatic rings. The summed E-state index contributed by atoms with van der Waals surface area (Å²) in [5.41, 5.74) is 5.34. The topological polar surface area (TPSA) is 219 Å². The summed E-state index contributed by atoms with van der Waals surface area (Å²) in [5, 5.41) is -0.745. The molecule has 0 spiro atoms. The van der Waals surface area contributed by atoms with Crippen molar-refractivity contribution in [1.29, 1.82) is 0 Å². The van der Waals surface area contributed by atoms with Crippen LogP contribution in [0.4, 0.5) is 14.6 Å². The average molecular weight is 780 g/mol. The highest BCUT2D eigenvalue weighted by Gasteiger charge is 2.55. The number of nitrogen functional groups attached to an aromatic ring is 1. The molecule has 3 fully saturated rings. The molecule has 4 aromatic heterocycles. The average Bonchev–Trinajstić information content (AvgIpc) is 3.78. The first-order valence-corrected chi connectivity index (χ1v) is 22.1. The number of hydrogen-bond acceptors (Lipinski definition) is 15. The molecule has 4 radical (unpaired) electrons. The molecule has 3 aliphatic heterocycles. The molecule has 7 rings (SSSR count).